The number of aromatic nitrogens is 1. The number of nitrogens with zero attached hydrogens (tertiary/aromatic N) is 1. The van der Waals surface area contributed by atoms with Gasteiger partial charge in [0.15, 0.2) is 11.5 Å². The van der Waals surface area contributed by atoms with E-state index in [0.29, 0.717) is 30.2 Å². The number of amides is 1. The Balaban J connectivity index is 2.03. The zero-order valence-electron chi connectivity index (χ0n) is 12.4. The van der Waals surface area contributed by atoms with Gasteiger partial charge in [0.2, 0.25) is 0 Å². The van der Waals surface area contributed by atoms with Crippen LogP contribution in [-0.2, 0) is 6.54 Å². The second-order valence-corrected chi connectivity index (χ2v) is 5.41. The zero-order chi connectivity index (χ0) is 15.9. The summed E-state index contributed by atoms with van der Waals surface area (Å²) in [5.74, 6) is 1.16. The summed E-state index contributed by atoms with van der Waals surface area (Å²) in [7, 11) is 1.59. The number of halogens is 1. The third-order valence-corrected chi connectivity index (χ3v) is 3.38. The number of nitrogens with one attached hydrogen (secondary N) is 1. The molecule has 2 aromatic rings. The van der Waals surface area contributed by atoms with Crippen molar-refractivity contribution >= 4 is 21.8 Å². The maximum atomic E-state index is 12.1. The molecule has 0 bridgehead atoms. The average Bonchev–Trinajstić information content (AvgIpc) is 2.53. The molecule has 0 aliphatic carbocycles. The highest BCUT2D eigenvalue weighted by molar-refractivity contribution is 9.10. The van der Waals surface area contributed by atoms with Gasteiger partial charge >= 0.3 is 0 Å². The van der Waals surface area contributed by atoms with Gasteiger partial charge in [-0.25, -0.2) is 0 Å². The number of rotatable bonds is 6. The first-order chi connectivity index (χ1) is 10.6. The quantitative estimate of drug-likeness (QED) is 0.854. The van der Waals surface area contributed by atoms with Gasteiger partial charge in [0.25, 0.3) is 5.91 Å². The molecule has 0 aliphatic rings. The number of benzene rings is 1. The number of methoxy groups -OCH3 is 1. The Labute approximate surface area is 137 Å². The molecular weight excluding hydrogens is 348 g/mol. The molecule has 0 unspecified atom stereocenters. The summed E-state index contributed by atoms with van der Waals surface area (Å²) in [6, 6.07) is 7.31. The number of carbonyl (C=O) groups is 1. The van der Waals surface area contributed by atoms with Gasteiger partial charge in [-0.3, -0.25) is 9.78 Å². The molecule has 1 heterocycles. The predicted octanol–water partition coefficient (Wildman–Crippen LogP) is 3.18. The third kappa shape index (κ3) is 4.21. The lowest BCUT2D eigenvalue weighted by molar-refractivity contribution is 0.0950. The fourth-order valence-electron chi connectivity index (χ4n) is 1.92. The van der Waals surface area contributed by atoms with E-state index in [4.69, 9.17) is 9.47 Å². The topological polar surface area (TPSA) is 60.5 Å². The van der Waals surface area contributed by atoms with E-state index in [1.54, 1.807) is 19.4 Å². The maximum Gasteiger partial charge on any atom is 0.253 e. The van der Waals surface area contributed by atoms with Gasteiger partial charge in [0, 0.05) is 23.4 Å². The molecule has 0 aliphatic heterocycles. The van der Waals surface area contributed by atoms with Crippen LogP contribution in [0.1, 0.15) is 22.8 Å². The van der Waals surface area contributed by atoms with Crippen molar-refractivity contribution in [3.63, 3.8) is 0 Å². The maximum absolute atomic E-state index is 12.1. The molecule has 0 atom stereocenters. The molecular formula is C16H17BrN2O3. The van der Waals surface area contributed by atoms with E-state index in [2.05, 4.69) is 26.2 Å². The third-order valence-electron chi connectivity index (χ3n) is 2.95. The van der Waals surface area contributed by atoms with Gasteiger partial charge in [-0.15, -0.1) is 0 Å². The van der Waals surface area contributed by atoms with E-state index >= 15 is 0 Å². The Bertz CT molecular complexity index is 662. The van der Waals surface area contributed by atoms with E-state index in [0.717, 1.165) is 10.0 Å². The van der Waals surface area contributed by atoms with Crippen LogP contribution in [0.4, 0.5) is 0 Å². The highest BCUT2D eigenvalue weighted by Crippen LogP contribution is 2.28. The SMILES string of the molecule is CCOc1ccc(CNC(=O)c2cncc(Br)c2)cc1OC. The Morgan fingerprint density at radius 1 is 1.27 bits per heavy atom. The van der Waals surface area contributed by atoms with Crippen molar-refractivity contribution in [1.82, 2.24) is 10.3 Å². The Kier molecular flexibility index (Phi) is 5.77. The first-order valence-corrected chi connectivity index (χ1v) is 7.61. The van der Waals surface area contributed by atoms with Gasteiger partial charge in [0.1, 0.15) is 0 Å². The van der Waals surface area contributed by atoms with Crippen molar-refractivity contribution in [2.45, 2.75) is 13.5 Å². The van der Waals surface area contributed by atoms with E-state index in [-0.39, 0.29) is 5.91 Å². The Morgan fingerprint density at radius 3 is 2.77 bits per heavy atom. The fourth-order valence-corrected chi connectivity index (χ4v) is 2.28. The first-order valence-electron chi connectivity index (χ1n) is 6.82. The molecule has 0 fully saturated rings. The highest BCUT2D eigenvalue weighted by atomic mass is 79.9. The molecule has 1 amide bonds. The molecule has 22 heavy (non-hydrogen) atoms. The summed E-state index contributed by atoms with van der Waals surface area (Å²) in [4.78, 5) is 16.0. The number of hydrogen-bond donors (Lipinski definition) is 1. The molecule has 6 heteroatoms. The number of carbonyl (C=O) groups excluding carboxylic acids is 1. The van der Waals surface area contributed by atoms with E-state index < -0.39 is 0 Å². The van der Waals surface area contributed by atoms with Crippen molar-refractivity contribution in [2.24, 2.45) is 0 Å². The van der Waals surface area contributed by atoms with Crippen molar-refractivity contribution in [3.8, 4) is 11.5 Å². The van der Waals surface area contributed by atoms with Gasteiger partial charge in [-0.2, -0.15) is 0 Å². The highest BCUT2D eigenvalue weighted by Gasteiger charge is 2.08. The normalized spacial score (nSPS) is 10.1. The number of hydrogen-bond acceptors (Lipinski definition) is 4. The molecule has 0 radical (unpaired) electrons. The first kappa shape index (κ1) is 16.3. The van der Waals surface area contributed by atoms with Crippen LogP contribution >= 0.6 is 15.9 Å². The molecule has 0 saturated heterocycles. The minimum Gasteiger partial charge on any atom is -0.493 e. The Morgan fingerprint density at radius 2 is 2.09 bits per heavy atom. The molecule has 5 nitrogen and oxygen atoms in total. The number of ether oxygens (including phenoxy) is 2. The van der Waals surface area contributed by atoms with Crippen LogP contribution in [0.5, 0.6) is 11.5 Å². The lowest BCUT2D eigenvalue weighted by Gasteiger charge is -2.11. The average molecular weight is 365 g/mol. The summed E-state index contributed by atoms with van der Waals surface area (Å²) in [6.07, 6.45) is 3.16. The van der Waals surface area contributed by atoms with E-state index in [9.17, 15) is 4.79 Å². The lowest BCUT2D eigenvalue weighted by Crippen LogP contribution is -2.22. The summed E-state index contributed by atoms with van der Waals surface area (Å²) >= 11 is 3.30. The van der Waals surface area contributed by atoms with Crippen LogP contribution in [0.25, 0.3) is 0 Å². The molecule has 1 aromatic carbocycles. The minimum absolute atomic E-state index is 0.179. The van der Waals surface area contributed by atoms with Crippen molar-refractivity contribution < 1.29 is 14.3 Å². The summed E-state index contributed by atoms with van der Waals surface area (Å²) in [5.41, 5.74) is 1.43. The fraction of sp³-hybridized carbons (Fsp3) is 0.250. The second kappa shape index (κ2) is 7.79. The lowest BCUT2D eigenvalue weighted by atomic mass is 10.2. The van der Waals surface area contributed by atoms with Crippen LogP contribution in [0, 0.1) is 0 Å². The molecule has 0 spiro atoms. The van der Waals surface area contributed by atoms with Gasteiger partial charge < -0.3 is 14.8 Å². The molecule has 116 valence electrons. The van der Waals surface area contributed by atoms with Crippen LogP contribution in [-0.4, -0.2) is 24.6 Å². The summed E-state index contributed by atoms with van der Waals surface area (Å²) in [5, 5.41) is 2.85. The van der Waals surface area contributed by atoms with Crippen molar-refractivity contribution in [2.75, 3.05) is 13.7 Å². The smallest absolute Gasteiger partial charge is 0.253 e. The molecule has 1 N–H and O–H groups in total. The zero-order valence-corrected chi connectivity index (χ0v) is 14.0. The van der Waals surface area contributed by atoms with E-state index in [1.165, 1.54) is 6.20 Å². The Hall–Kier alpha value is -2.08. The van der Waals surface area contributed by atoms with Gasteiger partial charge in [0.05, 0.1) is 19.3 Å². The number of pyridine rings is 1. The minimum atomic E-state index is -0.179. The summed E-state index contributed by atoms with van der Waals surface area (Å²) in [6.45, 7) is 2.88. The van der Waals surface area contributed by atoms with Gasteiger partial charge in [-0.05, 0) is 46.6 Å². The van der Waals surface area contributed by atoms with Crippen LogP contribution in [0.2, 0.25) is 0 Å². The van der Waals surface area contributed by atoms with E-state index in [1.807, 2.05) is 25.1 Å². The van der Waals surface area contributed by atoms with Gasteiger partial charge in [-0.1, -0.05) is 6.07 Å². The monoisotopic (exact) mass is 364 g/mol. The van der Waals surface area contributed by atoms with Crippen LogP contribution in [0.3, 0.4) is 0 Å². The molecule has 0 saturated carbocycles. The van der Waals surface area contributed by atoms with Crippen LogP contribution in [0.15, 0.2) is 41.1 Å². The molecule has 2 rings (SSSR count). The predicted molar refractivity (Wildman–Crippen MR) is 87.3 cm³/mol. The molecule has 1 aromatic heterocycles. The largest absolute Gasteiger partial charge is 0.493 e. The second-order valence-electron chi connectivity index (χ2n) is 4.49. The van der Waals surface area contributed by atoms with Crippen molar-refractivity contribution in [3.05, 3.63) is 52.3 Å². The van der Waals surface area contributed by atoms with Crippen molar-refractivity contribution in [1.29, 1.82) is 0 Å². The standard InChI is InChI=1S/C16H17BrN2O3/c1-3-22-14-5-4-11(6-15(14)21-2)8-19-16(20)12-7-13(17)10-18-9-12/h4-7,9-10H,3,8H2,1-2H3,(H,19,20). The van der Waals surface area contributed by atoms with Crippen LogP contribution < -0.4 is 14.8 Å². The summed E-state index contributed by atoms with van der Waals surface area (Å²) < 4.78 is 11.5.